The highest BCUT2D eigenvalue weighted by atomic mass is 32.1. The first-order chi connectivity index (χ1) is 9.05. The van der Waals surface area contributed by atoms with Crippen LogP contribution in [0.1, 0.15) is 41.5 Å². The third-order valence-corrected chi connectivity index (χ3v) is 4.14. The fourth-order valence-corrected chi connectivity index (χ4v) is 1.29. The monoisotopic (exact) mass is 319 g/mol. The van der Waals surface area contributed by atoms with Gasteiger partial charge in [0, 0.05) is 16.8 Å². The van der Waals surface area contributed by atoms with Crippen molar-refractivity contribution in [3.05, 3.63) is 0 Å². The molecule has 0 aromatic rings. The number of hydrogen-bond donors (Lipinski definition) is 1. The summed E-state index contributed by atoms with van der Waals surface area (Å²) >= 11 is 10.6. The molecule has 0 radical (unpaired) electrons. The molecule has 0 saturated carbocycles. The number of thiocarbonyl (C=S) groups is 2. The molecule has 0 aliphatic heterocycles. The molecule has 0 aromatic carbocycles. The van der Waals surface area contributed by atoms with Gasteiger partial charge >= 0.3 is 0 Å². The highest BCUT2D eigenvalue weighted by Crippen LogP contribution is 2.16. The summed E-state index contributed by atoms with van der Waals surface area (Å²) < 4.78 is 11.0. The summed E-state index contributed by atoms with van der Waals surface area (Å²) in [5.41, 5.74) is 0.0455. The number of ether oxygens (including phenoxy) is 2. The van der Waals surface area contributed by atoms with Crippen molar-refractivity contribution in [3.63, 3.8) is 0 Å². The molecule has 0 amide bonds. The van der Waals surface area contributed by atoms with Gasteiger partial charge in [0.2, 0.25) is 0 Å². The van der Waals surface area contributed by atoms with Gasteiger partial charge in [-0.25, -0.2) is 0 Å². The van der Waals surface area contributed by atoms with Gasteiger partial charge in [-0.15, -0.1) is 0 Å². The van der Waals surface area contributed by atoms with Crippen molar-refractivity contribution >= 4 is 34.3 Å². The lowest BCUT2D eigenvalue weighted by atomic mass is 9.93. The van der Waals surface area contributed by atoms with Crippen LogP contribution in [-0.4, -0.2) is 42.8 Å². The molecule has 5 heteroatoms. The Labute approximate surface area is 134 Å². The highest BCUT2D eigenvalue weighted by molar-refractivity contribution is 7.80. The third kappa shape index (κ3) is 9.75. The van der Waals surface area contributed by atoms with Gasteiger partial charge in [0.1, 0.15) is 0 Å². The van der Waals surface area contributed by atoms with Gasteiger partial charge in [0.05, 0.1) is 31.4 Å². The van der Waals surface area contributed by atoms with Gasteiger partial charge in [-0.2, -0.15) is 0 Å². The third-order valence-electron chi connectivity index (χ3n) is 2.65. The van der Waals surface area contributed by atoms with Crippen LogP contribution in [0.3, 0.4) is 0 Å². The molecule has 0 heterocycles. The van der Waals surface area contributed by atoms with Crippen molar-refractivity contribution < 1.29 is 9.47 Å². The molecule has 0 unspecified atom stereocenters. The molecular formula is C15H29NO2S2. The highest BCUT2D eigenvalue weighted by Gasteiger charge is 2.17. The van der Waals surface area contributed by atoms with E-state index in [1.54, 1.807) is 0 Å². The van der Waals surface area contributed by atoms with Crippen LogP contribution in [0.25, 0.3) is 0 Å². The van der Waals surface area contributed by atoms with Crippen LogP contribution in [0.5, 0.6) is 0 Å². The topological polar surface area (TPSA) is 30.5 Å². The maximum atomic E-state index is 5.49. The predicted octanol–water partition coefficient (Wildman–Crippen LogP) is 3.40. The molecule has 0 aromatic heterocycles. The molecular weight excluding hydrogens is 290 g/mol. The summed E-state index contributed by atoms with van der Waals surface area (Å²) in [4.78, 5) is 1.81. The minimum Gasteiger partial charge on any atom is -0.377 e. The quantitative estimate of drug-likeness (QED) is 0.547. The van der Waals surface area contributed by atoms with Gasteiger partial charge in [-0.3, -0.25) is 0 Å². The largest absolute Gasteiger partial charge is 0.377 e. The van der Waals surface area contributed by atoms with Crippen LogP contribution in [0.4, 0.5) is 0 Å². The van der Waals surface area contributed by atoms with E-state index in [0.29, 0.717) is 26.4 Å². The van der Waals surface area contributed by atoms with E-state index in [9.17, 15) is 0 Å². The first kappa shape index (κ1) is 19.9. The smallest absolute Gasteiger partial charge is 0.0808 e. The van der Waals surface area contributed by atoms with Gasteiger partial charge in [-0.05, 0) is 5.41 Å². The fourth-order valence-electron chi connectivity index (χ4n) is 1.10. The van der Waals surface area contributed by atoms with Crippen LogP contribution in [-0.2, 0) is 9.47 Å². The number of rotatable bonds is 8. The van der Waals surface area contributed by atoms with E-state index in [-0.39, 0.29) is 10.8 Å². The lowest BCUT2D eigenvalue weighted by molar-refractivity contribution is 0.0633. The van der Waals surface area contributed by atoms with Crippen LogP contribution >= 0.6 is 24.4 Å². The Bertz CT molecular complexity index is 285. The SMILES string of the molecule is CC(C)(C)C(=S)COCCOCCNC(=S)C(C)(C)C. The van der Waals surface area contributed by atoms with Crippen molar-refractivity contribution in [3.8, 4) is 0 Å². The van der Waals surface area contributed by atoms with Crippen molar-refractivity contribution in [2.75, 3.05) is 33.0 Å². The lowest BCUT2D eigenvalue weighted by Crippen LogP contribution is -2.35. The molecule has 118 valence electrons. The van der Waals surface area contributed by atoms with E-state index in [4.69, 9.17) is 33.9 Å². The molecule has 20 heavy (non-hydrogen) atoms. The molecule has 0 rings (SSSR count). The van der Waals surface area contributed by atoms with Gasteiger partial charge in [-0.1, -0.05) is 66.0 Å². The molecule has 0 spiro atoms. The summed E-state index contributed by atoms with van der Waals surface area (Å²) in [6, 6.07) is 0. The zero-order valence-electron chi connectivity index (χ0n) is 13.7. The van der Waals surface area contributed by atoms with Gasteiger partial charge in [0.15, 0.2) is 0 Å². The van der Waals surface area contributed by atoms with Crippen LogP contribution in [0.2, 0.25) is 0 Å². The average Bonchev–Trinajstić information content (AvgIpc) is 2.29. The molecule has 0 saturated heterocycles. The Morgan fingerprint density at radius 2 is 1.40 bits per heavy atom. The maximum Gasteiger partial charge on any atom is 0.0808 e. The van der Waals surface area contributed by atoms with E-state index in [2.05, 4.69) is 46.9 Å². The first-order valence-corrected chi connectivity index (χ1v) is 7.84. The second kappa shape index (κ2) is 9.03. The molecule has 0 atom stereocenters. The molecule has 3 nitrogen and oxygen atoms in total. The molecule has 0 fully saturated rings. The van der Waals surface area contributed by atoms with Gasteiger partial charge < -0.3 is 14.8 Å². The van der Waals surface area contributed by atoms with Crippen LogP contribution < -0.4 is 5.32 Å². The Morgan fingerprint density at radius 3 is 1.90 bits per heavy atom. The Morgan fingerprint density at radius 1 is 0.850 bits per heavy atom. The minimum absolute atomic E-state index is 0.0150. The van der Waals surface area contributed by atoms with Gasteiger partial charge in [0.25, 0.3) is 0 Å². The second-order valence-corrected chi connectivity index (χ2v) is 7.75. The fraction of sp³-hybridized carbons (Fsp3) is 0.867. The van der Waals surface area contributed by atoms with Crippen molar-refractivity contribution in [1.82, 2.24) is 5.32 Å². The second-order valence-electron chi connectivity index (χ2n) is 6.84. The predicted molar refractivity (Wildman–Crippen MR) is 93.7 cm³/mol. The zero-order chi connectivity index (χ0) is 15.8. The Kier molecular flexibility index (Phi) is 8.98. The minimum atomic E-state index is 0.0150. The number of hydrogen-bond acceptors (Lipinski definition) is 4. The Hall–Kier alpha value is -0.100. The summed E-state index contributed by atoms with van der Waals surface area (Å²) in [5, 5.41) is 3.20. The number of nitrogens with one attached hydrogen (secondary N) is 1. The summed E-state index contributed by atoms with van der Waals surface area (Å²) in [7, 11) is 0. The van der Waals surface area contributed by atoms with Crippen molar-refractivity contribution in [2.24, 2.45) is 10.8 Å². The summed E-state index contributed by atoms with van der Waals surface area (Å²) in [5.74, 6) is 0. The first-order valence-electron chi connectivity index (χ1n) is 7.02. The van der Waals surface area contributed by atoms with Crippen molar-refractivity contribution in [2.45, 2.75) is 41.5 Å². The van der Waals surface area contributed by atoms with E-state index < -0.39 is 0 Å². The average molecular weight is 320 g/mol. The van der Waals surface area contributed by atoms with E-state index in [0.717, 1.165) is 16.4 Å². The van der Waals surface area contributed by atoms with E-state index >= 15 is 0 Å². The summed E-state index contributed by atoms with van der Waals surface area (Å²) in [6.45, 7) is 15.6. The van der Waals surface area contributed by atoms with Crippen LogP contribution in [0, 0.1) is 10.8 Å². The zero-order valence-corrected chi connectivity index (χ0v) is 15.3. The van der Waals surface area contributed by atoms with E-state index in [1.165, 1.54) is 0 Å². The standard InChI is InChI=1S/C15H29NO2S2/c1-14(2,3)12(19)11-18-10-9-17-8-7-16-13(20)15(4,5)6/h7-11H2,1-6H3,(H,16,20). The molecule has 1 N–H and O–H groups in total. The maximum absolute atomic E-state index is 5.49. The summed E-state index contributed by atoms with van der Waals surface area (Å²) in [6.07, 6.45) is 0. The van der Waals surface area contributed by atoms with Crippen LogP contribution in [0.15, 0.2) is 0 Å². The Balaban J connectivity index is 3.47. The molecule has 0 bridgehead atoms. The normalized spacial score (nSPS) is 12.3. The lowest BCUT2D eigenvalue weighted by Gasteiger charge is -2.21. The molecule has 0 aliphatic rings. The molecule has 0 aliphatic carbocycles. The van der Waals surface area contributed by atoms with E-state index in [1.807, 2.05) is 0 Å². The van der Waals surface area contributed by atoms with Crippen molar-refractivity contribution in [1.29, 1.82) is 0 Å².